The molecule has 2 aromatic carbocycles. The van der Waals surface area contributed by atoms with Crippen molar-refractivity contribution in [1.29, 1.82) is 0 Å². The van der Waals surface area contributed by atoms with Crippen molar-refractivity contribution in [2.24, 2.45) is 0 Å². The number of benzene rings is 2. The number of carbonyl (C=O) groups excluding carboxylic acids is 2. The van der Waals surface area contributed by atoms with Crippen molar-refractivity contribution in [2.45, 2.75) is 13.8 Å². The van der Waals surface area contributed by atoms with Crippen molar-refractivity contribution in [2.75, 3.05) is 14.2 Å². The summed E-state index contributed by atoms with van der Waals surface area (Å²) in [7, 11) is 3.16. The first-order valence-corrected chi connectivity index (χ1v) is 10.7. The second-order valence-corrected chi connectivity index (χ2v) is 8.00. The Morgan fingerprint density at radius 3 is 2.12 bits per heavy atom. The summed E-state index contributed by atoms with van der Waals surface area (Å²) >= 11 is 5.00. The van der Waals surface area contributed by atoms with Gasteiger partial charge < -0.3 is 14.0 Å². The van der Waals surface area contributed by atoms with Gasteiger partial charge >= 0.3 is 0 Å². The van der Waals surface area contributed by atoms with Crippen LogP contribution < -0.4 is 14.8 Å². The molecule has 0 unspecified atom stereocenters. The van der Waals surface area contributed by atoms with Crippen molar-refractivity contribution in [3.63, 3.8) is 0 Å². The second kappa shape index (κ2) is 8.91. The fraction of sp³-hybridized carbons (Fsp3) is 0.160. The number of nitrogens with zero attached hydrogens (tertiary/aromatic N) is 2. The van der Waals surface area contributed by atoms with E-state index in [1.54, 1.807) is 13.2 Å². The van der Waals surface area contributed by atoms with Crippen molar-refractivity contribution in [1.82, 2.24) is 14.8 Å². The topological polar surface area (TPSA) is 72.8 Å². The molecule has 1 fully saturated rings. The minimum Gasteiger partial charge on any atom is -0.497 e. The summed E-state index contributed by atoms with van der Waals surface area (Å²) in [5, 5.41) is 2.64. The maximum Gasteiger partial charge on any atom is 0.265 e. The summed E-state index contributed by atoms with van der Waals surface area (Å²) < 4.78 is 13.1. The molecule has 8 heteroatoms. The Morgan fingerprint density at radius 1 is 0.939 bits per heavy atom. The quantitative estimate of drug-likeness (QED) is 0.351. The lowest BCUT2D eigenvalue weighted by molar-refractivity contribution is -0.128. The SMILES string of the molecule is COc1ccc(Oc2ccc(-n3c(C)cc(C=C4C(=O)NC(=S)N(C)C4=O)c3C)cc2)cc1. The lowest BCUT2D eigenvalue weighted by atomic mass is 10.1. The molecular weight excluding hydrogens is 438 g/mol. The van der Waals surface area contributed by atoms with Gasteiger partial charge in [-0.2, -0.15) is 0 Å². The van der Waals surface area contributed by atoms with E-state index in [1.165, 1.54) is 11.9 Å². The first kappa shape index (κ1) is 22.3. The van der Waals surface area contributed by atoms with E-state index in [4.69, 9.17) is 21.7 Å². The normalized spacial score (nSPS) is 15.1. The smallest absolute Gasteiger partial charge is 0.265 e. The molecule has 1 aliphatic heterocycles. The fourth-order valence-electron chi connectivity index (χ4n) is 3.68. The number of carbonyl (C=O) groups is 2. The predicted octanol–water partition coefficient (Wildman–Crippen LogP) is 4.15. The first-order valence-electron chi connectivity index (χ1n) is 10.2. The third kappa shape index (κ3) is 4.38. The molecule has 0 radical (unpaired) electrons. The van der Waals surface area contributed by atoms with Gasteiger partial charge in [-0.15, -0.1) is 0 Å². The number of aryl methyl sites for hydroxylation is 1. The highest BCUT2D eigenvalue weighted by molar-refractivity contribution is 7.80. The van der Waals surface area contributed by atoms with Crippen LogP contribution in [-0.2, 0) is 9.59 Å². The Balaban J connectivity index is 1.59. The Morgan fingerprint density at radius 2 is 1.52 bits per heavy atom. The van der Waals surface area contributed by atoms with E-state index in [-0.39, 0.29) is 10.7 Å². The fourth-order valence-corrected chi connectivity index (χ4v) is 3.85. The van der Waals surface area contributed by atoms with Crippen LogP contribution in [0.4, 0.5) is 0 Å². The molecule has 168 valence electrons. The Kier molecular flexibility index (Phi) is 6.02. The van der Waals surface area contributed by atoms with Crippen LogP contribution >= 0.6 is 12.2 Å². The molecule has 0 saturated carbocycles. The molecule has 2 amide bonds. The highest BCUT2D eigenvalue weighted by Crippen LogP contribution is 2.28. The highest BCUT2D eigenvalue weighted by atomic mass is 32.1. The molecule has 1 saturated heterocycles. The average molecular weight is 462 g/mol. The van der Waals surface area contributed by atoms with Crippen LogP contribution in [0.2, 0.25) is 0 Å². The summed E-state index contributed by atoms with van der Waals surface area (Å²) in [6, 6.07) is 17.0. The largest absolute Gasteiger partial charge is 0.497 e. The molecule has 1 aromatic heterocycles. The van der Waals surface area contributed by atoms with Crippen molar-refractivity contribution in [3.05, 3.63) is 77.1 Å². The molecule has 3 aromatic rings. The molecule has 1 aliphatic rings. The molecule has 1 N–H and O–H groups in total. The third-order valence-electron chi connectivity index (χ3n) is 5.46. The van der Waals surface area contributed by atoms with E-state index in [1.807, 2.05) is 68.4 Å². The zero-order chi connectivity index (χ0) is 23.7. The van der Waals surface area contributed by atoms with Gasteiger partial charge in [0, 0.05) is 24.1 Å². The highest BCUT2D eigenvalue weighted by Gasteiger charge is 2.31. The number of nitrogens with one attached hydrogen (secondary N) is 1. The third-order valence-corrected chi connectivity index (χ3v) is 5.84. The summed E-state index contributed by atoms with van der Waals surface area (Å²) in [5.74, 6) is 1.27. The van der Waals surface area contributed by atoms with Gasteiger partial charge in [-0.25, -0.2) is 0 Å². The van der Waals surface area contributed by atoms with Crippen LogP contribution in [0.5, 0.6) is 17.2 Å². The first-order chi connectivity index (χ1) is 15.8. The van der Waals surface area contributed by atoms with Crippen LogP contribution in [0, 0.1) is 13.8 Å². The number of hydrogen-bond acceptors (Lipinski definition) is 5. The molecule has 2 heterocycles. The summed E-state index contributed by atoms with van der Waals surface area (Å²) in [5.41, 5.74) is 3.64. The van der Waals surface area contributed by atoms with Gasteiger partial charge in [-0.3, -0.25) is 19.8 Å². The summed E-state index contributed by atoms with van der Waals surface area (Å²) in [4.78, 5) is 26.1. The Hall–Kier alpha value is -3.91. The number of amides is 2. The van der Waals surface area contributed by atoms with Gasteiger partial charge in [0.15, 0.2) is 5.11 Å². The van der Waals surface area contributed by atoms with E-state index >= 15 is 0 Å². The minimum atomic E-state index is -0.493. The summed E-state index contributed by atoms with van der Waals surface area (Å²) in [6.45, 7) is 3.92. The van der Waals surface area contributed by atoms with Crippen molar-refractivity contribution in [3.8, 4) is 22.9 Å². The van der Waals surface area contributed by atoms with Crippen molar-refractivity contribution < 1.29 is 19.1 Å². The average Bonchev–Trinajstić information content (AvgIpc) is 3.09. The van der Waals surface area contributed by atoms with Crippen molar-refractivity contribution >= 4 is 35.2 Å². The number of likely N-dealkylation sites (N-methyl/N-ethyl adjacent to an activating group) is 1. The van der Waals surface area contributed by atoms with Crippen LogP contribution in [0.15, 0.2) is 60.2 Å². The van der Waals surface area contributed by atoms with Gasteiger partial charge in [0.1, 0.15) is 22.8 Å². The number of ether oxygens (including phenoxy) is 2. The van der Waals surface area contributed by atoms with E-state index in [0.29, 0.717) is 11.5 Å². The zero-order valence-electron chi connectivity index (χ0n) is 18.7. The lowest BCUT2D eigenvalue weighted by Crippen LogP contribution is -2.52. The monoisotopic (exact) mass is 461 g/mol. The molecule has 33 heavy (non-hydrogen) atoms. The van der Waals surface area contributed by atoms with Crippen LogP contribution in [0.3, 0.4) is 0 Å². The zero-order valence-corrected chi connectivity index (χ0v) is 19.5. The van der Waals surface area contributed by atoms with E-state index < -0.39 is 11.8 Å². The predicted molar refractivity (Wildman–Crippen MR) is 130 cm³/mol. The van der Waals surface area contributed by atoms with Gasteiger partial charge in [-0.1, -0.05) is 0 Å². The van der Waals surface area contributed by atoms with E-state index in [0.717, 1.165) is 28.4 Å². The van der Waals surface area contributed by atoms with Gasteiger partial charge in [-0.05, 0) is 92.3 Å². The Bertz CT molecular complexity index is 1270. The van der Waals surface area contributed by atoms with E-state index in [9.17, 15) is 9.59 Å². The Labute approximate surface area is 197 Å². The number of hydrogen-bond donors (Lipinski definition) is 1. The minimum absolute atomic E-state index is 0.0505. The standard InChI is InChI=1S/C25H23N3O4S/c1-15-13-17(14-22-23(29)26-25(33)27(3)24(22)30)16(2)28(15)18-5-7-20(8-6-18)32-21-11-9-19(31-4)10-12-21/h5-14H,1-4H3,(H,26,29,33). The number of thiocarbonyl (C=S) groups is 1. The number of rotatable bonds is 5. The molecule has 7 nitrogen and oxygen atoms in total. The second-order valence-electron chi connectivity index (χ2n) is 7.61. The molecule has 0 bridgehead atoms. The number of methoxy groups -OCH3 is 1. The van der Waals surface area contributed by atoms with Gasteiger partial charge in [0.25, 0.3) is 11.8 Å². The van der Waals surface area contributed by atoms with E-state index in [2.05, 4.69) is 9.88 Å². The lowest BCUT2D eigenvalue weighted by Gasteiger charge is -2.25. The molecule has 0 spiro atoms. The van der Waals surface area contributed by atoms with Crippen LogP contribution in [0.25, 0.3) is 11.8 Å². The van der Waals surface area contributed by atoms with Gasteiger partial charge in [0.2, 0.25) is 0 Å². The van der Waals surface area contributed by atoms with Crippen LogP contribution in [0.1, 0.15) is 17.0 Å². The maximum absolute atomic E-state index is 12.5. The molecule has 0 aliphatic carbocycles. The molecule has 4 rings (SSSR count). The number of aromatic nitrogens is 1. The maximum atomic E-state index is 12.5. The van der Waals surface area contributed by atoms with Crippen LogP contribution in [-0.4, -0.2) is 40.6 Å². The van der Waals surface area contributed by atoms with Gasteiger partial charge in [0.05, 0.1) is 7.11 Å². The summed E-state index contributed by atoms with van der Waals surface area (Å²) in [6.07, 6.45) is 1.61. The molecular formula is C25H23N3O4S. The molecule has 0 atom stereocenters.